The number of hydrogen-bond acceptors (Lipinski definition) is 7. The van der Waals surface area contributed by atoms with Gasteiger partial charge in [0.25, 0.3) is 5.56 Å². The van der Waals surface area contributed by atoms with Gasteiger partial charge in [0.1, 0.15) is 18.2 Å². The highest BCUT2D eigenvalue weighted by atomic mass is 16.6. The predicted molar refractivity (Wildman–Crippen MR) is 120 cm³/mol. The van der Waals surface area contributed by atoms with Crippen molar-refractivity contribution in [3.05, 3.63) is 70.3 Å². The average Bonchev–Trinajstić information content (AvgIpc) is 2.81. The third kappa shape index (κ3) is 5.93. The molecule has 8 nitrogen and oxygen atoms in total. The van der Waals surface area contributed by atoms with E-state index >= 15 is 0 Å². The summed E-state index contributed by atoms with van der Waals surface area (Å²) >= 11 is 0. The molecule has 1 unspecified atom stereocenters. The van der Waals surface area contributed by atoms with Crippen molar-refractivity contribution in [2.24, 2.45) is 7.05 Å². The summed E-state index contributed by atoms with van der Waals surface area (Å²) in [7, 11) is 3.26. The Kier molecular flexibility index (Phi) is 8.35. The molecule has 3 aromatic rings. The Morgan fingerprint density at radius 2 is 1.84 bits per heavy atom. The quantitative estimate of drug-likeness (QED) is 0.335. The normalized spacial score (nSPS) is 12.0. The first kappa shape index (κ1) is 23.4. The Bertz CT molecular complexity index is 1090. The molecule has 0 fully saturated rings. The molecule has 0 aliphatic heterocycles. The number of para-hydroxylation sites is 1. The molecule has 170 valence electrons. The number of hydrogen-bond donors (Lipinski definition) is 0. The molecule has 0 aliphatic carbocycles. The molecular formula is C24H28N2O6. The van der Waals surface area contributed by atoms with Gasteiger partial charge in [0.15, 0.2) is 6.10 Å². The van der Waals surface area contributed by atoms with E-state index in [4.69, 9.17) is 18.9 Å². The van der Waals surface area contributed by atoms with E-state index < -0.39 is 12.1 Å². The molecule has 1 heterocycles. The fraction of sp³-hybridized carbons (Fsp3) is 0.375. The number of carbonyl (C=O) groups is 1. The maximum absolute atomic E-state index is 12.5. The number of ether oxygens (including phenoxy) is 4. The zero-order chi connectivity index (χ0) is 22.9. The van der Waals surface area contributed by atoms with Crippen molar-refractivity contribution in [2.45, 2.75) is 26.1 Å². The van der Waals surface area contributed by atoms with Crippen LogP contribution in [0.1, 0.15) is 18.3 Å². The number of rotatable bonds is 11. The zero-order valence-electron chi connectivity index (χ0n) is 18.6. The summed E-state index contributed by atoms with van der Waals surface area (Å²) in [6.45, 7) is 2.91. The van der Waals surface area contributed by atoms with Gasteiger partial charge in [-0.3, -0.25) is 9.36 Å². The number of fused-ring (bicyclic) bond motifs is 1. The van der Waals surface area contributed by atoms with Crippen LogP contribution in [0, 0.1) is 0 Å². The number of methoxy groups -OCH3 is 1. The highest BCUT2D eigenvalue weighted by molar-refractivity contribution is 5.77. The van der Waals surface area contributed by atoms with Gasteiger partial charge in [0, 0.05) is 20.6 Å². The van der Waals surface area contributed by atoms with Crippen LogP contribution in [0.4, 0.5) is 0 Å². The first-order valence-electron chi connectivity index (χ1n) is 10.5. The Morgan fingerprint density at radius 1 is 1.09 bits per heavy atom. The molecule has 2 aromatic carbocycles. The molecule has 0 radical (unpaired) electrons. The molecule has 0 N–H and O–H groups in total. The second-order valence-electron chi connectivity index (χ2n) is 7.15. The van der Waals surface area contributed by atoms with Crippen molar-refractivity contribution in [3.63, 3.8) is 0 Å². The fourth-order valence-corrected chi connectivity index (χ4v) is 3.20. The van der Waals surface area contributed by atoms with Gasteiger partial charge in [-0.25, -0.2) is 9.78 Å². The molecule has 0 saturated carbocycles. The Hall–Kier alpha value is -3.23. The maximum Gasteiger partial charge on any atom is 0.335 e. The van der Waals surface area contributed by atoms with Crippen LogP contribution >= 0.6 is 0 Å². The largest absolute Gasteiger partial charge is 0.486 e. The minimum absolute atomic E-state index is 0.108. The van der Waals surface area contributed by atoms with Gasteiger partial charge < -0.3 is 18.9 Å². The molecule has 0 aliphatic rings. The number of carbonyl (C=O) groups excluding carboxylic acids is 1. The lowest BCUT2D eigenvalue weighted by Gasteiger charge is -2.17. The number of esters is 1. The maximum atomic E-state index is 12.5. The monoisotopic (exact) mass is 440 g/mol. The van der Waals surface area contributed by atoms with Gasteiger partial charge in [0.2, 0.25) is 0 Å². The number of aromatic nitrogens is 2. The molecule has 1 aromatic heterocycles. The van der Waals surface area contributed by atoms with Gasteiger partial charge >= 0.3 is 5.97 Å². The smallest absolute Gasteiger partial charge is 0.335 e. The fourth-order valence-electron chi connectivity index (χ4n) is 3.20. The molecule has 3 rings (SSSR count). The number of nitrogens with zero attached hydrogens (tertiary/aromatic N) is 2. The lowest BCUT2D eigenvalue weighted by molar-refractivity contribution is -0.157. The lowest BCUT2D eigenvalue weighted by Crippen LogP contribution is -2.30. The highest BCUT2D eigenvalue weighted by Gasteiger charge is 2.21. The van der Waals surface area contributed by atoms with Crippen molar-refractivity contribution >= 4 is 16.9 Å². The summed E-state index contributed by atoms with van der Waals surface area (Å²) in [4.78, 5) is 29.2. The summed E-state index contributed by atoms with van der Waals surface area (Å²) in [5.41, 5.74) is 1.44. The molecule has 32 heavy (non-hydrogen) atoms. The molecule has 0 saturated heterocycles. The Labute approximate surface area is 186 Å². The minimum Gasteiger partial charge on any atom is -0.486 e. The van der Waals surface area contributed by atoms with E-state index in [-0.39, 0.29) is 12.2 Å². The molecular weight excluding hydrogens is 412 g/mol. The standard InChI is InChI=1S/C24H28N2O6/c1-4-30-24(28)21(31-14-13-29-3)15-17-9-11-18(12-10-17)32-16-22-25-20-8-6-5-7-19(20)23(27)26(22)2/h5-12,21H,4,13-16H2,1-3H3. The van der Waals surface area contributed by atoms with Crippen LogP contribution in [-0.2, 0) is 39.1 Å². The van der Waals surface area contributed by atoms with Crippen LogP contribution in [0.25, 0.3) is 10.9 Å². The summed E-state index contributed by atoms with van der Waals surface area (Å²) in [6, 6.07) is 14.6. The minimum atomic E-state index is -0.701. The van der Waals surface area contributed by atoms with E-state index in [0.29, 0.717) is 48.7 Å². The molecule has 0 bridgehead atoms. The van der Waals surface area contributed by atoms with Crippen molar-refractivity contribution in [1.29, 1.82) is 0 Å². The molecule has 1 atom stereocenters. The lowest BCUT2D eigenvalue weighted by atomic mass is 10.1. The summed E-state index contributed by atoms with van der Waals surface area (Å²) < 4.78 is 23.0. The van der Waals surface area contributed by atoms with E-state index in [1.54, 1.807) is 27.1 Å². The van der Waals surface area contributed by atoms with E-state index in [0.717, 1.165) is 5.56 Å². The van der Waals surface area contributed by atoms with Crippen molar-refractivity contribution < 1.29 is 23.7 Å². The van der Waals surface area contributed by atoms with Gasteiger partial charge in [-0.15, -0.1) is 0 Å². The second kappa shape index (κ2) is 11.4. The van der Waals surface area contributed by atoms with Crippen molar-refractivity contribution in [3.8, 4) is 5.75 Å². The molecule has 0 spiro atoms. The topological polar surface area (TPSA) is 88.9 Å². The highest BCUT2D eigenvalue weighted by Crippen LogP contribution is 2.17. The summed E-state index contributed by atoms with van der Waals surface area (Å²) in [6.07, 6.45) is -0.322. The van der Waals surface area contributed by atoms with Crippen LogP contribution in [0.2, 0.25) is 0 Å². The van der Waals surface area contributed by atoms with E-state index in [9.17, 15) is 9.59 Å². The Morgan fingerprint density at radius 3 is 2.56 bits per heavy atom. The first-order valence-corrected chi connectivity index (χ1v) is 10.5. The third-order valence-electron chi connectivity index (χ3n) is 4.94. The number of benzene rings is 2. The molecule has 0 amide bonds. The van der Waals surface area contributed by atoms with Gasteiger partial charge in [-0.2, -0.15) is 0 Å². The van der Waals surface area contributed by atoms with Gasteiger partial charge in [-0.1, -0.05) is 24.3 Å². The third-order valence-corrected chi connectivity index (χ3v) is 4.94. The van der Waals surface area contributed by atoms with Crippen LogP contribution in [0.5, 0.6) is 5.75 Å². The van der Waals surface area contributed by atoms with Crippen LogP contribution in [0.15, 0.2) is 53.3 Å². The van der Waals surface area contributed by atoms with Crippen LogP contribution in [-0.4, -0.2) is 48.6 Å². The first-order chi connectivity index (χ1) is 15.5. The SMILES string of the molecule is CCOC(=O)C(Cc1ccc(OCc2nc3ccccc3c(=O)n2C)cc1)OCCOC. The predicted octanol–water partition coefficient (Wildman–Crippen LogP) is 2.65. The molecule has 8 heteroatoms. The van der Waals surface area contributed by atoms with Crippen molar-refractivity contribution in [1.82, 2.24) is 9.55 Å². The zero-order valence-corrected chi connectivity index (χ0v) is 18.6. The Balaban J connectivity index is 1.65. The summed E-state index contributed by atoms with van der Waals surface area (Å²) in [5, 5.41) is 0.576. The van der Waals surface area contributed by atoms with Crippen LogP contribution in [0.3, 0.4) is 0 Å². The van der Waals surface area contributed by atoms with Crippen molar-refractivity contribution in [2.75, 3.05) is 26.9 Å². The average molecular weight is 440 g/mol. The van der Waals surface area contributed by atoms with E-state index in [2.05, 4.69) is 4.98 Å². The van der Waals surface area contributed by atoms with Gasteiger partial charge in [0.05, 0.1) is 30.7 Å². The van der Waals surface area contributed by atoms with Gasteiger partial charge in [-0.05, 0) is 36.8 Å². The van der Waals surface area contributed by atoms with E-state index in [1.807, 2.05) is 42.5 Å². The second-order valence-corrected chi connectivity index (χ2v) is 7.15. The summed E-state index contributed by atoms with van der Waals surface area (Å²) in [5.74, 6) is 0.767. The van der Waals surface area contributed by atoms with E-state index in [1.165, 1.54) is 4.57 Å². The van der Waals surface area contributed by atoms with Crippen LogP contribution < -0.4 is 10.3 Å².